The fourth-order valence-electron chi connectivity index (χ4n) is 15.2. The van der Waals surface area contributed by atoms with Crippen LogP contribution in [0.25, 0.3) is 196 Å². The summed E-state index contributed by atoms with van der Waals surface area (Å²) in [5.74, 6) is 0. The molecule has 2 heterocycles. The zero-order valence-electron chi connectivity index (χ0n) is 46.5. The average molecular weight is 1090 g/mol. The molecule has 2 nitrogen and oxygen atoms in total. The zero-order valence-corrected chi connectivity index (χ0v) is 46.5. The molecule has 0 fully saturated rings. The molecule has 0 N–H and O–H groups in total. The molecule has 0 saturated heterocycles. The van der Waals surface area contributed by atoms with Crippen molar-refractivity contribution in [3.63, 3.8) is 0 Å². The fourth-order valence-corrected chi connectivity index (χ4v) is 15.2. The third kappa shape index (κ3) is 6.67. The molecule has 0 atom stereocenters. The Balaban J connectivity index is 0.751. The van der Waals surface area contributed by atoms with E-state index >= 15 is 0 Å². The first-order valence-electron chi connectivity index (χ1n) is 29.7. The largest absolute Gasteiger partial charge is 0.455 e. The molecule has 0 aliphatic heterocycles. The van der Waals surface area contributed by atoms with Crippen molar-refractivity contribution in [2.45, 2.75) is 0 Å². The summed E-state index contributed by atoms with van der Waals surface area (Å²) in [6.45, 7) is 0. The molecule has 19 rings (SSSR count). The first-order chi connectivity index (χ1) is 42.7. The second kappa shape index (κ2) is 18.1. The molecule has 0 aliphatic rings. The van der Waals surface area contributed by atoms with Crippen molar-refractivity contribution in [2.75, 3.05) is 0 Å². The van der Waals surface area contributed by atoms with Gasteiger partial charge in [0.25, 0.3) is 0 Å². The lowest BCUT2D eigenvalue weighted by Crippen LogP contribution is -1.91. The molecule has 0 bridgehead atoms. The number of benzene rings is 17. The lowest BCUT2D eigenvalue weighted by atomic mass is 9.84. The van der Waals surface area contributed by atoms with Crippen LogP contribution in [0.4, 0.5) is 0 Å². The molecule has 0 spiro atoms. The Morgan fingerprint density at radius 1 is 0.174 bits per heavy atom. The summed E-state index contributed by atoms with van der Waals surface area (Å²) in [5.41, 5.74) is 15.6. The summed E-state index contributed by atoms with van der Waals surface area (Å²) in [5, 5.41) is 26.2. The van der Waals surface area contributed by atoms with E-state index in [1.807, 2.05) is 0 Å². The van der Waals surface area contributed by atoms with E-state index in [0.717, 1.165) is 66.0 Å². The van der Waals surface area contributed by atoms with Gasteiger partial charge < -0.3 is 8.83 Å². The maximum atomic E-state index is 7.17. The van der Waals surface area contributed by atoms with Crippen LogP contribution < -0.4 is 0 Å². The van der Waals surface area contributed by atoms with Gasteiger partial charge in [-0.3, -0.25) is 0 Å². The normalized spacial score (nSPS) is 12.2. The van der Waals surface area contributed by atoms with E-state index in [1.165, 1.54) is 131 Å². The Bertz CT molecular complexity index is 6010. The molecule has 0 saturated carbocycles. The van der Waals surface area contributed by atoms with E-state index in [-0.39, 0.29) is 0 Å². The van der Waals surface area contributed by atoms with Crippen molar-refractivity contribution >= 4 is 141 Å². The van der Waals surface area contributed by atoms with Gasteiger partial charge in [0.2, 0.25) is 0 Å². The van der Waals surface area contributed by atoms with Crippen LogP contribution in [-0.4, -0.2) is 0 Å². The van der Waals surface area contributed by atoms with E-state index in [9.17, 15) is 0 Å². The molecule has 17 aromatic carbocycles. The van der Waals surface area contributed by atoms with Crippen LogP contribution in [0.2, 0.25) is 0 Å². The highest BCUT2D eigenvalue weighted by Crippen LogP contribution is 2.51. The van der Waals surface area contributed by atoms with E-state index in [4.69, 9.17) is 8.83 Å². The molecule has 2 aromatic heterocycles. The van der Waals surface area contributed by atoms with Crippen molar-refractivity contribution < 1.29 is 8.83 Å². The Morgan fingerprint density at radius 2 is 0.500 bits per heavy atom. The molecular weight excluding hydrogens is 1040 g/mol. The summed E-state index contributed by atoms with van der Waals surface area (Å²) >= 11 is 0. The third-order valence-electron chi connectivity index (χ3n) is 18.8. The number of rotatable bonds is 5. The average Bonchev–Trinajstić information content (AvgIpc) is 1.57. The standard InChI is InChI=1S/C84H48O2/c1-2-21-54-49(19-1)20-17-37-58(54)80-66-31-12-10-29-64(66)78(65-30-11-13-32-67(65)80)53-44-46-72-75(48-53)86-84-70-35-16-14-33-68(70)79-55(36-18-38-73(79)82(72)84)50-39-41-51(42-40-50)76-60-25-6-8-27-62(60)77(63-28-9-7-26-61(63)76)52-43-45-71-74(47-52)85-83-69-34-15-4-23-57(69)56-22-3-5-24-59(56)81(71)83/h1-48H. The minimum absolute atomic E-state index is 0.874. The summed E-state index contributed by atoms with van der Waals surface area (Å²) < 4.78 is 14.1. The minimum Gasteiger partial charge on any atom is -0.455 e. The number of hydrogen-bond donors (Lipinski definition) is 0. The summed E-state index contributed by atoms with van der Waals surface area (Å²) in [6, 6.07) is 107. The molecule has 0 unspecified atom stereocenters. The molecule has 86 heavy (non-hydrogen) atoms. The lowest BCUT2D eigenvalue weighted by Gasteiger charge is -2.18. The van der Waals surface area contributed by atoms with Crippen molar-refractivity contribution in [3.05, 3.63) is 291 Å². The maximum Gasteiger partial charge on any atom is 0.143 e. The van der Waals surface area contributed by atoms with Crippen molar-refractivity contribution in [1.82, 2.24) is 0 Å². The van der Waals surface area contributed by atoms with Gasteiger partial charge in [-0.15, -0.1) is 0 Å². The van der Waals surface area contributed by atoms with Gasteiger partial charge in [0.15, 0.2) is 0 Å². The second-order valence-electron chi connectivity index (χ2n) is 23.2. The van der Waals surface area contributed by atoms with E-state index in [0.29, 0.717) is 0 Å². The van der Waals surface area contributed by atoms with Crippen molar-refractivity contribution in [1.29, 1.82) is 0 Å². The van der Waals surface area contributed by atoms with Gasteiger partial charge in [-0.1, -0.05) is 267 Å². The number of fused-ring (bicyclic) bond motifs is 21. The predicted octanol–water partition coefficient (Wildman–Crippen LogP) is 24.2. The summed E-state index contributed by atoms with van der Waals surface area (Å²) in [6.07, 6.45) is 0. The molecule has 0 aliphatic carbocycles. The highest BCUT2D eigenvalue weighted by atomic mass is 16.3. The maximum absolute atomic E-state index is 7.17. The van der Waals surface area contributed by atoms with Crippen LogP contribution in [0.3, 0.4) is 0 Å². The van der Waals surface area contributed by atoms with Crippen LogP contribution >= 0.6 is 0 Å². The smallest absolute Gasteiger partial charge is 0.143 e. The second-order valence-corrected chi connectivity index (χ2v) is 23.2. The fraction of sp³-hybridized carbons (Fsp3) is 0. The van der Waals surface area contributed by atoms with E-state index in [2.05, 4.69) is 291 Å². The minimum atomic E-state index is 0.874. The predicted molar refractivity (Wildman–Crippen MR) is 366 cm³/mol. The number of hydrogen-bond acceptors (Lipinski definition) is 2. The van der Waals surface area contributed by atoms with Gasteiger partial charge in [-0.25, -0.2) is 0 Å². The van der Waals surface area contributed by atoms with Gasteiger partial charge in [0, 0.05) is 32.3 Å². The molecule has 2 heteroatoms. The molecule has 0 amide bonds. The Labute approximate surface area is 493 Å². The molecular formula is C84H48O2. The third-order valence-corrected chi connectivity index (χ3v) is 18.8. The Kier molecular flexibility index (Phi) is 9.93. The Morgan fingerprint density at radius 3 is 1.02 bits per heavy atom. The molecule has 0 radical (unpaired) electrons. The van der Waals surface area contributed by atoms with Crippen LogP contribution in [-0.2, 0) is 0 Å². The lowest BCUT2D eigenvalue weighted by molar-refractivity contribution is 0.672. The van der Waals surface area contributed by atoms with Gasteiger partial charge in [-0.05, 0) is 166 Å². The Hall–Kier alpha value is -11.3. The van der Waals surface area contributed by atoms with Gasteiger partial charge in [-0.2, -0.15) is 0 Å². The molecule has 396 valence electrons. The van der Waals surface area contributed by atoms with Crippen LogP contribution in [0.15, 0.2) is 300 Å². The van der Waals surface area contributed by atoms with Gasteiger partial charge in [0.05, 0.1) is 0 Å². The van der Waals surface area contributed by atoms with Crippen molar-refractivity contribution in [3.8, 4) is 55.6 Å². The zero-order chi connectivity index (χ0) is 56.1. The van der Waals surface area contributed by atoms with E-state index in [1.54, 1.807) is 0 Å². The monoisotopic (exact) mass is 1090 g/mol. The summed E-state index contributed by atoms with van der Waals surface area (Å²) in [4.78, 5) is 0. The van der Waals surface area contributed by atoms with Gasteiger partial charge in [0.1, 0.15) is 22.3 Å². The first-order valence-corrected chi connectivity index (χ1v) is 29.7. The van der Waals surface area contributed by atoms with E-state index < -0.39 is 0 Å². The van der Waals surface area contributed by atoms with Gasteiger partial charge >= 0.3 is 0 Å². The topological polar surface area (TPSA) is 26.3 Å². The first kappa shape index (κ1) is 47.2. The van der Waals surface area contributed by atoms with Crippen LogP contribution in [0.1, 0.15) is 0 Å². The van der Waals surface area contributed by atoms with Crippen molar-refractivity contribution in [2.24, 2.45) is 0 Å². The van der Waals surface area contributed by atoms with Crippen LogP contribution in [0, 0.1) is 0 Å². The summed E-state index contributed by atoms with van der Waals surface area (Å²) in [7, 11) is 0. The quantitative estimate of drug-likeness (QED) is 0.127. The molecule has 19 aromatic rings. The van der Waals surface area contributed by atoms with Crippen LogP contribution in [0.5, 0.6) is 0 Å². The SMILES string of the molecule is c1ccc2c(-c3c4ccccc4c(-c4ccc5c(c4)oc4c6ccccc6c6c(-c7ccc(-c8c9ccccc9c(-c9ccc%10c(c9)oc9c%11ccccc%11c%11ccccc%11c%109)c9ccccc89)cc7)cccc6c54)c4ccccc34)cccc2c1. The highest BCUT2D eigenvalue weighted by molar-refractivity contribution is 6.34. The highest BCUT2D eigenvalue weighted by Gasteiger charge is 2.24. The number of furan rings is 2.